The Morgan fingerprint density at radius 1 is 1.53 bits per heavy atom. The Morgan fingerprint density at radius 2 is 2.41 bits per heavy atom. The number of hydrogen-bond donors (Lipinski definition) is 2. The van der Waals surface area contributed by atoms with Gasteiger partial charge >= 0.3 is 6.03 Å². The topological polar surface area (TPSA) is 50.4 Å². The Bertz CT molecular complexity index is 392. The Morgan fingerprint density at radius 3 is 3.12 bits per heavy atom. The summed E-state index contributed by atoms with van der Waals surface area (Å²) in [7, 11) is 0. The maximum absolute atomic E-state index is 12.9. The molecule has 0 bridgehead atoms. The first-order valence-corrected chi connectivity index (χ1v) is 5.60. The Balaban J connectivity index is 1.75. The van der Waals surface area contributed by atoms with Gasteiger partial charge in [-0.1, -0.05) is 12.1 Å². The fraction of sp³-hybridized carbons (Fsp3) is 0.417. The molecule has 2 N–H and O–H groups in total. The quantitative estimate of drug-likeness (QED) is 0.836. The number of hydrogen-bond acceptors (Lipinski definition) is 2. The lowest BCUT2D eigenvalue weighted by Crippen LogP contribution is -2.42. The smallest absolute Gasteiger partial charge is 0.315 e. The normalized spacial score (nSPS) is 19.0. The van der Waals surface area contributed by atoms with Gasteiger partial charge in [-0.15, -0.1) is 0 Å². The molecule has 0 radical (unpaired) electrons. The molecule has 0 spiro atoms. The fourth-order valence-electron chi connectivity index (χ4n) is 1.71. The highest BCUT2D eigenvalue weighted by Gasteiger charge is 2.17. The third-order valence-corrected chi connectivity index (χ3v) is 2.61. The van der Waals surface area contributed by atoms with Crippen LogP contribution in [-0.4, -0.2) is 25.3 Å². The largest absolute Gasteiger partial charge is 0.379 e. The zero-order valence-electron chi connectivity index (χ0n) is 9.41. The van der Waals surface area contributed by atoms with Gasteiger partial charge in [-0.2, -0.15) is 0 Å². The summed E-state index contributed by atoms with van der Waals surface area (Å²) in [5.74, 6) is -0.297. The van der Waals surface area contributed by atoms with Gasteiger partial charge < -0.3 is 15.4 Å². The second kappa shape index (κ2) is 5.63. The van der Waals surface area contributed by atoms with E-state index in [0.29, 0.717) is 19.8 Å². The molecule has 2 rings (SSSR count). The van der Waals surface area contributed by atoms with Crippen molar-refractivity contribution in [1.29, 1.82) is 0 Å². The van der Waals surface area contributed by atoms with Gasteiger partial charge in [-0.05, 0) is 24.1 Å². The van der Waals surface area contributed by atoms with Crippen molar-refractivity contribution in [3.05, 3.63) is 35.6 Å². The number of rotatable bonds is 3. The molecule has 92 valence electrons. The Kier molecular flexibility index (Phi) is 3.93. The van der Waals surface area contributed by atoms with Crippen molar-refractivity contribution >= 4 is 6.03 Å². The van der Waals surface area contributed by atoms with Gasteiger partial charge in [0.2, 0.25) is 0 Å². The lowest BCUT2D eigenvalue weighted by Gasteiger charge is -2.11. The number of carbonyl (C=O) groups excluding carboxylic acids is 1. The lowest BCUT2D eigenvalue weighted by atomic mass is 10.2. The predicted molar refractivity (Wildman–Crippen MR) is 61.0 cm³/mol. The summed E-state index contributed by atoms with van der Waals surface area (Å²) in [6.07, 6.45) is 0.841. The van der Waals surface area contributed by atoms with Gasteiger partial charge in [-0.25, -0.2) is 9.18 Å². The van der Waals surface area contributed by atoms with Crippen LogP contribution in [0.15, 0.2) is 24.3 Å². The van der Waals surface area contributed by atoms with E-state index in [1.165, 1.54) is 12.1 Å². The predicted octanol–water partition coefficient (Wildman–Crippen LogP) is 1.41. The minimum absolute atomic E-state index is 0.0857. The van der Waals surface area contributed by atoms with E-state index in [9.17, 15) is 9.18 Å². The monoisotopic (exact) mass is 238 g/mol. The molecule has 5 heteroatoms. The molecular formula is C12H15FN2O2. The highest BCUT2D eigenvalue weighted by Crippen LogP contribution is 2.04. The van der Waals surface area contributed by atoms with Gasteiger partial charge in [0.1, 0.15) is 5.82 Å². The number of halogens is 1. The Hall–Kier alpha value is -1.62. The number of nitrogens with one attached hydrogen (secondary N) is 2. The van der Waals surface area contributed by atoms with E-state index in [1.807, 2.05) is 0 Å². The highest BCUT2D eigenvalue weighted by molar-refractivity contribution is 5.74. The molecule has 1 heterocycles. The second-order valence-corrected chi connectivity index (χ2v) is 4.02. The Labute approximate surface area is 99.2 Å². The molecule has 1 saturated heterocycles. The van der Waals surface area contributed by atoms with Crippen LogP contribution in [0, 0.1) is 5.82 Å². The first kappa shape index (κ1) is 11.9. The first-order valence-electron chi connectivity index (χ1n) is 5.60. The lowest BCUT2D eigenvalue weighted by molar-refractivity contribution is 0.188. The van der Waals surface area contributed by atoms with E-state index in [0.717, 1.165) is 12.0 Å². The number of ether oxygens (including phenoxy) is 1. The SMILES string of the molecule is O=C(NCc1cccc(F)c1)NC1CCOC1. The van der Waals surface area contributed by atoms with Gasteiger partial charge in [0.25, 0.3) is 0 Å². The maximum atomic E-state index is 12.9. The standard InChI is InChI=1S/C12H15FN2O2/c13-10-3-1-2-9(6-10)7-14-12(16)15-11-4-5-17-8-11/h1-3,6,11H,4-5,7-8H2,(H2,14,15,16). The van der Waals surface area contributed by atoms with Crippen LogP contribution in [-0.2, 0) is 11.3 Å². The van der Waals surface area contributed by atoms with Crippen LogP contribution in [0.25, 0.3) is 0 Å². The van der Waals surface area contributed by atoms with E-state index >= 15 is 0 Å². The number of amides is 2. The van der Waals surface area contributed by atoms with Crippen LogP contribution < -0.4 is 10.6 Å². The molecule has 17 heavy (non-hydrogen) atoms. The van der Waals surface area contributed by atoms with E-state index < -0.39 is 0 Å². The van der Waals surface area contributed by atoms with Crippen LogP contribution in [0.2, 0.25) is 0 Å². The van der Waals surface area contributed by atoms with E-state index in [1.54, 1.807) is 12.1 Å². The van der Waals surface area contributed by atoms with Crippen LogP contribution in [0.4, 0.5) is 9.18 Å². The van der Waals surface area contributed by atoms with Gasteiger partial charge in [0, 0.05) is 13.2 Å². The molecule has 1 unspecified atom stereocenters. The van der Waals surface area contributed by atoms with Crippen molar-refractivity contribution in [3.8, 4) is 0 Å². The van der Waals surface area contributed by atoms with Gasteiger partial charge in [0.05, 0.1) is 12.6 Å². The molecule has 1 fully saturated rings. The molecule has 1 aromatic carbocycles. The number of urea groups is 1. The molecule has 1 aliphatic rings. The van der Waals surface area contributed by atoms with Gasteiger partial charge in [-0.3, -0.25) is 0 Å². The molecule has 1 aromatic rings. The van der Waals surface area contributed by atoms with Crippen LogP contribution in [0.1, 0.15) is 12.0 Å². The van der Waals surface area contributed by atoms with Crippen LogP contribution in [0.5, 0.6) is 0 Å². The van der Waals surface area contributed by atoms with Crippen molar-refractivity contribution in [2.24, 2.45) is 0 Å². The highest BCUT2D eigenvalue weighted by atomic mass is 19.1. The van der Waals surface area contributed by atoms with Crippen LogP contribution >= 0.6 is 0 Å². The van der Waals surface area contributed by atoms with E-state index in [-0.39, 0.29) is 17.9 Å². The van der Waals surface area contributed by atoms with Crippen molar-refractivity contribution < 1.29 is 13.9 Å². The zero-order valence-corrected chi connectivity index (χ0v) is 9.41. The van der Waals surface area contributed by atoms with Crippen molar-refractivity contribution in [2.45, 2.75) is 19.0 Å². The summed E-state index contributed by atoms with van der Waals surface area (Å²) < 4.78 is 18.0. The third kappa shape index (κ3) is 3.71. The molecule has 2 amide bonds. The summed E-state index contributed by atoms with van der Waals surface area (Å²) in [5.41, 5.74) is 0.739. The summed E-state index contributed by atoms with van der Waals surface area (Å²) in [6.45, 7) is 1.57. The molecule has 1 aliphatic heterocycles. The molecule has 0 aromatic heterocycles. The summed E-state index contributed by atoms with van der Waals surface area (Å²) in [5, 5.41) is 5.48. The average Bonchev–Trinajstić information content (AvgIpc) is 2.79. The molecule has 1 atom stereocenters. The second-order valence-electron chi connectivity index (χ2n) is 4.02. The van der Waals surface area contributed by atoms with E-state index in [2.05, 4.69) is 10.6 Å². The first-order chi connectivity index (χ1) is 8.24. The molecule has 0 saturated carbocycles. The maximum Gasteiger partial charge on any atom is 0.315 e. The van der Waals surface area contributed by atoms with Crippen molar-refractivity contribution in [3.63, 3.8) is 0 Å². The number of carbonyl (C=O) groups is 1. The summed E-state index contributed by atoms with van der Waals surface area (Å²) in [4.78, 5) is 11.5. The summed E-state index contributed by atoms with van der Waals surface area (Å²) in [6, 6.07) is 6.00. The minimum atomic E-state index is -0.297. The molecule has 4 nitrogen and oxygen atoms in total. The van der Waals surface area contributed by atoms with Crippen LogP contribution in [0.3, 0.4) is 0 Å². The van der Waals surface area contributed by atoms with Gasteiger partial charge in [0.15, 0.2) is 0 Å². The third-order valence-electron chi connectivity index (χ3n) is 2.61. The fourth-order valence-corrected chi connectivity index (χ4v) is 1.71. The number of benzene rings is 1. The van der Waals surface area contributed by atoms with Crippen molar-refractivity contribution in [2.75, 3.05) is 13.2 Å². The average molecular weight is 238 g/mol. The van der Waals surface area contributed by atoms with E-state index in [4.69, 9.17) is 4.74 Å². The zero-order chi connectivity index (χ0) is 12.1. The molecular weight excluding hydrogens is 223 g/mol. The minimum Gasteiger partial charge on any atom is -0.379 e. The molecule has 0 aliphatic carbocycles. The summed E-state index contributed by atoms with van der Waals surface area (Å²) >= 11 is 0. The van der Waals surface area contributed by atoms with Crippen molar-refractivity contribution in [1.82, 2.24) is 10.6 Å².